The van der Waals surface area contributed by atoms with Crippen molar-refractivity contribution in [2.75, 3.05) is 5.43 Å². The van der Waals surface area contributed by atoms with Crippen LogP contribution in [0.25, 0.3) is 0 Å². The van der Waals surface area contributed by atoms with Gasteiger partial charge >= 0.3 is 33.0 Å². The van der Waals surface area contributed by atoms with Crippen LogP contribution in [-0.4, -0.2) is 5.71 Å². The van der Waals surface area contributed by atoms with Gasteiger partial charge in [0.05, 0.1) is 5.69 Å². The van der Waals surface area contributed by atoms with E-state index in [0.717, 1.165) is 11.4 Å². The molecule has 3 rings (SSSR count). The predicted octanol–water partition coefficient (Wildman–Crippen LogP) is 7.29. The van der Waals surface area contributed by atoms with E-state index in [9.17, 15) is 25.2 Å². The Hall–Kier alpha value is -1.30. The molecule has 0 spiro atoms. The first-order chi connectivity index (χ1) is 10.7. The first kappa shape index (κ1) is 23.7. The minimum absolute atomic E-state index is 0. The summed E-state index contributed by atoms with van der Waals surface area (Å²) >= 11 is 0. The van der Waals surface area contributed by atoms with E-state index in [-0.39, 0.29) is 17.1 Å². The number of nitrogens with one attached hydrogen (secondary N) is 1. The van der Waals surface area contributed by atoms with Crippen molar-refractivity contribution in [3.63, 3.8) is 0 Å². The molecule has 1 aliphatic carbocycles. The van der Waals surface area contributed by atoms with Crippen LogP contribution in [0.1, 0.15) is 25.3 Å². The molecular formula is C15H17F6FeN2P-. The van der Waals surface area contributed by atoms with Crippen molar-refractivity contribution in [1.29, 1.82) is 0 Å². The molecular weight excluding hydrogens is 409 g/mol. The van der Waals surface area contributed by atoms with Gasteiger partial charge in [-0.25, -0.2) is 0 Å². The molecule has 0 bridgehead atoms. The number of nitrogens with zero attached hydrogens (tertiary/aromatic N) is 1. The van der Waals surface area contributed by atoms with Gasteiger partial charge in [0.15, 0.2) is 0 Å². The Balaban J connectivity index is 0.000000380. The maximum Gasteiger partial charge on any atom is 0.00506 e. The molecule has 1 aromatic rings. The molecule has 2 nitrogen and oxygen atoms in total. The molecule has 1 N–H and O–H groups in total. The summed E-state index contributed by atoms with van der Waals surface area (Å²) in [6.45, 7) is 4.23. The largest absolute Gasteiger partial charge is 0.0767 e. The van der Waals surface area contributed by atoms with Gasteiger partial charge in [-0.05, 0) is 18.6 Å². The first-order valence-electron chi connectivity index (χ1n) is 6.86. The average molecular weight is 426 g/mol. The van der Waals surface area contributed by atoms with Gasteiger partial charge in [0, 0.05) is 35.1 Å². The van der Waals surface area contributed by atoms with Crippen molar-refractivity contribution in [2.24, 2.45) is 5.10 Å². The zero-order chi connectivity index (χ0) is 18.5. The topological polar surface area (TPSA) is 24.4 Å². The van der Waals surface area contributed by atoms with Gasteiger partial charge in [-0.1, -0.05) is 49.4 Å². The van der Waals surface area contributed by atoms with E-state index in [1.165, 1.54) is 5.56 Å². The van der Waals surface area contributed by atoms with Gasteiger partial charge in [0.25, 0.3) is 0 Å². The number of hydrazone groups is 1. The van der Waals surface area contributed by atoms with Crippen molar-refractivity contribution in [3.05, 3.63) is 60.6 Å². The summed E-state index contributed by atoms with van der Waals surface area (Å²) in [6.07, 6.45) is 10.0. The van der Waals surface area contributed by atoms with E-state index in [0.29, 0.717) is 5.92 Å². The molecule has 0 amide bonds. The Morgan fingerprint density at radius 1 is 0.920 bits per heavy atom. The Bertz CT molecular complexity index is 646. The van der Waals surface area contributed by atoms with E-state index in [4.69, 9.17) is 0 Å². The van der Waals surface area contributed by atoms with Gasteiger partial charge in [-0.3, -0.25) is 5.43 Å². The Morgan fingerprint density at radius 2 is 1.40 bits per heavy atom. The number of anilines is 1. The smallest absolute Gasteiger partial charge is 0.00506 e. The summed E-state index contributed by atoms with van der Waals surface area (Å²) in [5.41, 5.74) is 6.65. The third-order valence-corrected chi connectivity index (χ3v) is 2.96. The third-order valence-electron chi connectivity index (χ3n) is 2.96. The number of rotatable bonds is 0. The molecule has 1 aliphatic heterocycles. The average Bonchev–Trinajstić information content (AvgIpc) is 2.99. The van der Waals surface area contributed by atoms with Crippen LogP contribution in [0.5, 0.6) is 0 Å². The summed E-state index contributed by atoms with van der Waals surface area (Å²) in [5, 5.41) is 4.22. The molecule has 0 saturated heterocycles. The molecule has 1 radical (unpaired) electrons. The van der Waals surface area contributed by atoms with Crippen molar-refractivity contribution in [1.82, 2.24) is 0 Å². The van der Waals surface area contributed by atoms with E-state index >= 15 is 0 Å². The molecule has 2 aliphatic rings. The molecule has 25 heavy (non-hydrogen) atoms. The van der Waals surface area contributed by atoms with E-state index in [1.54, 1.807) is 0 Å². The number of para-hydroxylation sites is 1. The molecule has 10 heteroatoms. The second kappa shape index (κ2) is 7.94. The quantitative estimate of drug-likeness (QED) is 0.263. The minimum Gasteiger partial charge on any atom is -0.0767 e. The summed E-state index contributed by atoms with van der Waals surface area (Å²) in [6, 6.07) is 8.29. The second-order valence-corrected chi connectivity index (χ2v) is 7.01. The Labute approximate surface area is 152 Å². The number of hydrogen-bond donors (Lipinski definition) is 1. The van der Waals surface area contributed by atoms with Gasteiger partial charge in [0.2, 0.25) is 0 Å². The van der Waals surface area contributed by atoms with Crippen molar-refractivity contribution >= 4 is 19.2 Å². The van der Waals surface area contributed by atoms with Crippen LogP contribution in [0, 0.1) is 6.42 Å². The molecule has 1 heterocycles. The van der Waals surface area contributed by atoms with E-state index in [1.807, 2.05) is 43.7 Å². The number of hydrogen-bond acceptors (Lipinski definition) is 2. The maximum absolute atomic E-state index is 10.7. The summed E-state index contributed by atoms with van der Waals surface area (Å²) < 4.78 is 59.2. The number of allylic oxidation sites excluding steroid dienone is 4. The predicted molar refractivity (Wildman–Crippen MR) is 87.7 cm³/mol. The van der Waals surface area contributed by atoms with Crippen LogP contribution < -0.4 is 5.43 Å². The van der Waals surface area contributed by atoms with Crippen LogP contribution >= 0.6 is 7.81 Å². The normalized spacial score (nSPS) is 20.0. The van der Waals surface area contributed by atoms with Gasteiger partial charge in [0.1, 0.15) is 0 Å². The minimum atomic E-state index is -10.7. The molecule has 143 valence electrons. The molecule has 0 saturated carbocycles. The molecule has 1 aromatic carbocycles. The Morgan fingerprint density at radius 3 is 1.84 bits per heavy atom. The van der Waals surface area contributed by atoms with Crippen molar-refractivity contribution in [3.8, 4) is 0 Å². The monoisotopic (exact) mass is 426 g/mol. The third kappa shape index (κ3) is 12.7. The zero-order valence-corrected chi connectivity index (χ0v) is 15.3. The number of halogens is 6. The van der Waals surface area contributed by atoms with Crippen LogP contribution in [0.4, 0.5) is 30.9 Å². The van der Waals surface area contributed by atoms with Crippen molar-refractivity contribution in [2.45, 2.75) is 19.8 Å². The number of fused-ring (bicyclic) bond motifs is 1. The fourth-order valence-corrected chi connectivity index (χ4v) is 1.77. The van der Waals surface area contributed by atoms with E-state index < -0.39 is 7.81 Å². The summed E-state index contributed by atoms with van der Waals surface area (Å²) in [7, 11) is -10.7. The van der Waals surface area contributed by atoms with E-state index in [2.05, 4.69) is 35.7 Å². The standard InChI is InChI=1S/C10H12N2.C5H5.F6P.Fe/c1-7-8(2)11-12-10-6-4-3-5-9(7)10;1-2-4-5-3-1;1-7(2,3,4,5)6;/h3-7,12H,1-2H3;1-5H;;/q;;-1;. The first-order valence-corrected chi connectivity index (χ1v) is 8.89. The van der Waals surface area contributed by atoms with Crippen LogP contribution in [0.3, 0.4) is 0 Å². The summed E-state index contributed by atoms with van der Waals surface area (Å²) in [5.74, 6) is 0.447. The molecule has 0 aromatic heterocycles. The second-order valence-electron chi connectivity index (χ2n) is 5.09. The van der Waals surface area contributed by atoms with Gasteiger partial charge < -0.3 is 0 Å². The van der Waals surface area contributed by atoms with Crippen LogP contribution in [0.15, 0.2) is 53.7 Å². The zero-order valence-electron chi connectivity index (χ0n) is 13.3. The SMILES string of the molecule is CC1=NNc2ccccc2C1C.F[P-](F)(F)(F)(F)F.[CH]1C=CC=C1.[Fe]. The van der Waals surface area contributed by atoms with Crippen LogP contribution in [0.2, 0.25) is 0 Å². The Kier molecular flexibility index (Phi) is 7.52. The number of benzene rings is 1. The van der Waals surface area contributed by atoms with Crippen LogP contribution in [-0.2, 0) is 17.1 Å². The maximum atomic E-state index is 9.87. The van der Waals surface area contributed by atoms with Gasteiger partial charge in [-0.15, -0.1) is 0 Å². The molecule has 1 atom stereocenters. The van der Waals surface area contributed by atoms with Crippen molar-refractivity contribution < 1.29 is 42.3 Å². The summed E-state index contributed by atoms with van der Waals surface area (Å²) in [4.78, 5) is 0. The fourth-order valence-electron chi connectivity index (χ4n) is 1.77. The fraction of sp³-hybridized carbons (Fsp3) is 0.200. The molecule has 1 unspecified atom stereocenters. The van der Waals surface area contributed by atoms with Gasteiger partial charge in [-0.2, -0.15) is 5.10 Å². The molecule has 0 fully saturated rings.